The molecule has 0 saturated heterocycles. The highest BCUT2D eigenvalue weighted by Crippen LogP contribution is 2.29. The van der Waals surface area contributed by atoms with Gasteiger partial charge in [0.15, 0.2) is 5.78 Å². The van der Waals surface area contributed by atoms with Gasteiger partial charge in [-0.2, -0.15) is 0 Å². The van der Waals surface area contributed by atoms with Crippen molar-refractivity contribution in [1.29, 1.82) is 0 Å². The third kappa shape index (κ3) is 5.22. The van der Waals surface area contributed by atoms with Crippen LogP contribution in [0.15, 0.2) is 24.3 Å². The first-order valence-electron chi connectivity index (χ1n) is 7.86. The Morgan fingerprint density at radius 2 is 1.95 bits per heavy atom. The number of ketones is 1. The minimum Gasteiger partial charge on any atom is -0.392 e. The molecule has 3 heteroatoms. The van der Waals surface area contributed by atoms with Crippen LogP contribution in [-0.2, 0) is 4.79 Å². The third-order valence-electron chi connectivity index (χ3n) is 3.88. The molecule has 4 atom stereocenters. The van der Waals surface area contributed by atoms with Crippen LogP contribution in [0.25, 0.3) is 0 Å². The van der Waals surface area contributed by atoms with Crippen molar-refractivity contribution in [1.82, 2.24) is 0 Å². The fourth-order valence-electron chi connectivity index (χ4n) is 2.69. The van der Waals surface area contributed by atoms with Gasteiger partial charge in [0.2, 0.25) is 0 Å². The van der Waals surface area contributed by atoms with Crippen LogP contribution < -0.4 is 0 Å². The molecule has 0 aromatic rings. The maximum absolute atomic E-state index is 11.8. The normalized spacial score (nSPS) is 25.5. The lowest BCUT2D eigenvalue weighted by molar-refractivity contribution is -0.121. The maximum Gasteiger partial charge on any atom is 0.161 e. The van der Waals surface area contributed by atoms with Crippen molar-refractivity contribution in [3.63, 3.8) is 0 Å². The first kappa shape index (κ1) is 17.1. The van der Waals surface area contributed by atoms with Crippen molar-refractivity contribution < 1.29 is 15.0 Å². The summed E-state index contributed by atoms with van der Waals surface area (Å²) in [6.07, 6.45) is 11.6. The highest BCUT2D eigenvalue weighted by atomic mass is 16.3. The van der Waals surface area contributed by atoms with Crippen LogP contribution in [0.4, 0.5) is 0 Å². The molecule has 0 radical (unpaired) electrons. The van der Waals surface area contributed by atoms with Crippen LogP contribution in [0.2, 0.25) is 0 Å². The first-order chi connectivity index (χ1) is 9.60. The zero-order chi connectivity index (χ0) is 15.0. The molecule has 2 N–H and O–H groups in total. The summed E-state index contributed by atoms with van der Waals surface area (Å²) in [5, 5.41) is 19.9. The van der Waals surface area contributed by atoms with E-state index in [1.807, 2.05) is 19.1 Å². The molecule has 0 fully saturated rings. The standard InChI is InChI=1S/C17H28O3/c1-3-5-6-8-14(18)11-9-13-10-12-16(20)17(13)15(19)7-4-2/h9-15,17-19H,3-8H2,1-2H3. The molecule has 4 unspecified atom stereocenters. The van der Waals surface area contributed by atoms with Gasteiger partial charge in [-0.05, 0) is 18.9 Å². The van der Waals surface area contributed by atoms with Gasteiger partial charge in [-0.25, -0.2) is 0 Å². The Balaban J connectivity index is 2.51. The molecule has 0 bridgehead atoms. The Morgan fingerprint density at radius 1 is 1.20 bits per heavy atom. The summed E-state index contributed by atoms with van der Waals surface area (Å²) in [5.41, 5.74) is 0. The Morgan fingerprint density at radius 3 is 2.60 bits per heavy atom. The molecule has 0 aromatic carbocycles. The molecule has 3 nitrogen and oxygen atoms in total. The summed E-state index contributed by atoms with van der Waals surface area (Å²) in [4.78, 5) is 11.8. The smallest absolute Gasteiger partial charge is 0.161 e. The minimum atomic E-state index is -0.589. The number of aliphatic hydroxyl groups excluding tert-OH is 2. The Labute approximate surface area is 122 Å². The van der Waals surface area contributed by atoms with Gasteiger partial charge in [-0.15, -0.1) is 0 Å². The van der Waals surface area contributed by atoms with E-state index >= 15 is 0 Å². The lowest BCUT2D eigenvalue weighted by Crippen LogP contribution is -2.29. The van der Waals surface area contributed by atoms with Crippen LogP contribution >= 0.6 is 0 Å². The van der Waals surface area contributed by atoms with Crippen molar-refractivity contribution in [2.24, 2.45) is 11.8 Å². The SMILES string of the molecule is CCCCCC(O)C=CC1C=CC(=O)C1C(O)CCC. The van der Waals surface area contributed by atoms with Crippen molar-refractivity contribution >= 4 is 5.78 Å². The van der Waals surface area contributed by atoms with Crippen LogP contribution in [-0.4, -0.2) is 28.2 Å². The molecule has 0 saturated carbocycles. The summed E-state index contributed by atoms with van der Waals surface area (Å²) in [6.45, 7) is 4.13. The second-order valence-electron chi connectivity index (χ2n) is 5.67. The zero-order valence-corrected chi connectivity index (χ0v) is 12.7. The number of hydrogen-bond donors (Lipinski definition) is 2. The molecular weight excluding hydrogens is 252 g/mol. The van der Waals surface area contributed by atoms with Crippen molar-refractivity contribution in [3.8, 4) is 0 Å². The number of aliphatic hydroxyl groups is 2. The molecule has 0 spiro atoms. The quantitative estimate of drug-likeness (QED) is 0.504. The predicted molar refractivity (Wildman–Crippen MR) is 81.3 cm³/mol. The molecule has 0 aromatic heterocycles. The van der Waals surface area contributed by atoms with Crippen molar-refractivity contribution in [2.75, 3.05) is 0 Å². The molecule has 20 heavy (non-hydrogen) atoms. The van der Waals surface area contributed by atoms with Gasteiger partial charge < -0.3 is 10.2 Å². The van der Waals surface area contributed by atoms with E-state index < -0.39 is 12.2 Å². The molecular formula is C17H28O3. The Kier molecular flexibility index (Phi) is 7.78. The van der Waals surface area contributed by atoms with Crippen LogP contribution in [0.1, 0.15) is 52.4 Å². The molecule has 0 amide bonds. The van der Waals surface area contributed by atoms with E-state index in [-0.39, 0.29) is 17.6 Å². The number of hydrogen-bond acceptors (Lipinski definition) is 3. The molecule has 0 aliphatic heterocycles. The van der Waals surface area contributed by atoms with Gasteiger partial charge in [-0.1, -0.05) is 57.8 Å². The average molecular weight is 280 g/mol. The molecule has 1 rings (SSSR count). The highest BCUT2D eigenvalue weighted by Gasteiger charge is 2.33. The van der Waals surface area contributed by atoms with Crippen molar-refractivity contribution in [2.45, 2.75) is 64.6 Å². The van der Waals surface area contributed by atoms with Gasteiger partial charge in [0, 0.05) is 5.92 Å². The predicted octanol–water partition coefficient (Wildman–Crippen LogP) is 3.02. The Bertz CT molecular complexity index is 346. The van der Waals surface area contributed by atoms with Crippen LogP contribution in [0.3, 0.4) is 0 Å². The molecule has 1 aliphatic rings. The van der Waals surface area contributed by atoms with Gasteiger partial charge in [0.25, 0.3) is 0 Å². The molecule has 0 heterocycles. The first-order valence-corrected chi connectivity index (χ1v) is 7.86. The Hall–Kier alpha value is -0.930. The minimum absolute atomic E-state index is 0.000993. The van der Waals surface area contributed by atoms with Crippen LogP contribution in [0.5, 0.6) is 0 Å². The van der Waals surface area contributed by atoms with E-state index in [2.05, 4.69) is 6.92 Å². The second kappa shape index (κ2) is 9.09. The number of rotatable bonds is 9. The van der Waals surface area contributed by atoms with E-state index in [4.69, 9.17) is 0 Å². The summed E-state index contributed by atoms with van der Waals surface area (Å²) in [6, 6.07) is 0. The van der Waals surface area contributed by atoms with E-state index in [9.17, 15) is 15.0 Å². The summed E-state index contributed by atoms with van der Waals surface area (Å²) in [7, 11) is 0. The zero-order valence-electron chi connectivity index (χ0n) is 12.7. The lowest BCUT2D eigenvalue weighted by atomic mass is 9.86. The number of unbranched alkanes of at least 4 members (excludes halogenated alkanes) is 2. The van der Waals surface area contributed by atoms with Gasteiger partial charge in [0.1, 0.15) is 0 Å². The lowest BCUT2D eigenvalue weighted by Gasteiger charge is -2.21. The van der Waals surface area contributed by atoms with Gasteiger partial charge >= 0.3 is 0 Å². The average Bonchev–Trinajstić information content (AvgIpc) is 2.78. The van der Waals surface area contributed by atoms with Gasteiger partial charge in [0.05, 0.1) is 18.1 Å². The van der Waals surface area contributed by atoms with Gasteiger partial charge in [-0.3, -0.25) is 4.79 Å². The number of carbonyl (C=O) groups is 1. The number of carbonyl (C=O) groups excluding carboxylic acids is 1. The van der Waals surface area contributed by atoms with E-state index in [1.54, 1.807) is 12.2 Å². The van der Waals surface area contributed by atoms with E-state index in [0.717, 1.165) is 32.1 Å². The number of allylic oxidation sites excluding steroid dienone is 3. The maximum atomic E-state index is 11.8. The van der Waals surface area contributed by atoms with E-state index in [0.29, 0.717) is 6.42 Å². The summed E-state index contributed by atoms with van der Waals surface area (Å²) < 4.78 is 0. The highest BCUT2D eigenvalue weighted by molar-refractivity contribution is 5.95. The summed E-state index contributed by atoms with van der Waals surface area (Å²) >= 11 is 0. The second-order valence-corrected chi connectivity index (χ2v) is 5.67. The fourth-order valence-corrected chi connectivity index (χ4v) is 2.69. The molecule has 1 aliphatic carbocycles. The fraction of sp³-hybridized carbons (Fsp3) is 0.706. The third-order valence-corrected chi connectivity index (χ3v) is 3.88. The topological polar surface area (TPSA) is 57.5 Å². The van der Waals surface area contributed by atoms with E-state index in [1.165, 1.54) is 0 Å². The van der Waals surface area contributed by atoms with Crippen molar-refractivity contribution in [3.05, 3.63) is 24.3 Å². The molecule has 114 valence electrons. The summed E-state index contributed by atoms with van der Waals surface area (Å²) in [5.74, 6) is -0.444. The monoisotopic (exact) mass is 280 g/mol. The van der Waals surface area contributed by atoms with Crippen LogP contribution in [0, 0.1) is 11.8 Å². The largest absolute Gasteiger partial charge is 0.392 e.